The first kappa shape index (κ1) is 11.3. The number of imidazole rings is 1. The lowest BCUT2D eigenvalue weighted by Crippen LogP contribution is -2.19. The Morgan fingerprint density at radius 1 is 1.50 bits per heavy atom. The van der Waals surface area contributed by atoms with E-state index in [2.05, 4.69) is 16.5 Å². The van der Waals surface area contributed by atoms with Crippen molar-refractivity contribution in [2.75, 3.05) is 0 Å². The van der Waals surface area contributed by atoms with Gasteiger partial charge in [-0.25, -0.2) is 4.98 Å². The summed E-state index contributed by atoms with van der Waals surface area (Å²) in [5.41, 5.74) is 2.24. The molecule has 3 rings (SSSR count). The zero-order chi connectivity index (χ0) is 12.9. The van der Waals surface area contributed by atoms with E-state index in [9.17, 15) is 9.90 Å². The van der Waals surface area contributed by atoms with Crippen molar-refractivity contribution >= 4 is 17.0 Å². The van der Waals surface area contributed by atoms with Crippen molar-refractivity contribution in [3.8, 4) is 0 Å². The van der Waals surface area contributed by atoms with E-state index < -0.39 is 11.4 Å². The molecule has 0 amide bonds. The predicted octanol–water partition coefficient (Wildman–Crippen LogP) is 2.48. The van der Waals surface area contributed by atoms with Crippen LogP contribution in [-0.2, 0) is 16.8 Å². The summed E-state index contributed by atoms with van der Waals surface area (Å²) in [6.07, 6.45) is 1.47. The van der Waals surface area contributed by atoms with Crippen LogP contribution in [0.4, 0.5) is 0 Å². The molecule has 0 bridgehead atoms. The van der Waals surface area contributed by atoms with Gasteiger partial charge in [0, 0.05) is 6.54 Å². The largest absolute Gasteiger partial charge is 0.481 e. The van der Waals surface area contributed by atoms with Gasteiger partial charge in [-0.2, -0.15) is 0 Å². The van der Waals surface area contributed by atoms with Gasteiger partial charge in [0.2, 0.25) is 0 Å². The van der Waals surface area contributed by atoms with Crippen molar-refractivity contribution < 1.29 is 9.90 Å². The molecular weight excluding hydrogens is 228 g/mol. The van der Waals surface area contributed by atoms with Gasteiger partial charge < -0.3 is 9.67 Å². The number of aryl methyl sites for hydroxylation is 2. The molecule has 4 nitrogen and oxygen atoms in total. The molecule has 1 aromatic heterocycles. The summed E-state index contributed by atoms with van der Waals surface area (Å²) >= 11 is 0. The van der Waals surface area contributed by atoms with Crippen LogP contribution in [0.3, 0.4) is 0 Å². The molecule has 0 radical (unpaired) electrons. The van der Waals surface area contributed by atoms with Gasteiger partial charge in [-0.1, -0.05) is 6.07 Å². The topological polar surface area (TPSA) is 55.1 Å². The van der Waals surface area contributed by atoms with Gasteiger partial charge >= 0.3 is 5.97 Å². The van der Waals surface area contributed by atoms with Crippen molar-refractivity contribution in [2.45, 2.75) is 38.6 Å². The van der Waals surface area contributed by atoms with Crippen molar-refractivity contribution in [1.29, 1.82) is 0 Å². The first-order valence-electron chi connectivity index (χ1n) is 6.29. The van der Waals surface area contributed by atoms with Gasteiger partial charge in [0.25, 0.3) is 0 Å². The van der Waals surface area contributed by atoms with Gasteiger partial charge in [0.15, 0.2) is 0 Å². The standard InChI is InChI=1S/C14H16N2O2/c1-3-16-9(2)15-11-8-10(4-5-12(11)16)14(6-7-14)13(17)18/h4-5,8H,3,6-7H2,1-2H3,(H,17,18). The maximum Gasteiger partial charge on any atom is 0.314 e. The lowest BCUT2D eigenvalue weighted by atomic mass is 9.96. The maximum atomic E-state index is 11.3. The molecule has 1 aliphatic rings. The van der Waals surface area contributed by atoms with E-state index in [0.29, 0.717) is 0 Å². The number of hydrogen-bond acceptors (Lipinski definition) is 2. The number of benzene rings is 1. The molecule has 4 heteroatoms. The number of fused-ring (bicyclic) bond motifs is 1. The zero-order valence-corrected chi connectivity index (χ0v) is 10.6. The number of aromatic nitrogens is 2. The number of carbonyl (C=O) groups is 1. The Morgan fingerprint density at radius 2 is 2.22 bits per heavy atom. The van der Waals surface area contributed by atoms with Crippen LogP contribution in [0, 0.1) is 6.92 Å². The summed E-state index contributed by atoms with van der Waals surface area (Å²) in [4.78, 5) is 15.8. The normalized spacial score (nSPS) is 17.0. The average molecular weight is 244 g/mol. The fraction of sp³-hybridized carbons (Fsp3) is 0.429. The molecule has 0 aliphatic heterocycles. The molecule has 1 N–H and O–H groups in total. The molecule has 0 saturated heterocycles. The lowest BCUT2D eigenvalue weighted by Gasteiger charge is -2.10. The predicted molar refractivity (Wildman–Crippen MR) is 68.7 cm³/mol. The fourth-order valence-corrected chi connectivity index (χ4v) is 2.70. The van der Waals surface area contributed by atoms with E-state index in [1.807, 2.05) is 25.1 Å². The number of rotatable bonds is 3. The van der Waals surface area contributed by atoms with Crippen LogP contribution in [0.5, 0.6) is 0 Å². The fourth-order valence-electron chi connectivity index (χ4n) is 2.70. The van der Waals surface area contributed by atoms with Crippen molar-refractivity contribution in [3.63, 3.8) is 0 Å². The second-order valence-corrected chi connectivity index (χ2v) is 4.99. The first-order valence-corrected chi connectivity index (χ1v) is 6.29. The van der Waals surface area contributed by atoms with Crippen LogP contribution in [0.2, 0.25) is 0 Å². The van der Waals surface area contributed by atoms with Crippen LogP contribution >= 0.6 is 0 Å². The van der Waals surface area contributed by atoms with Crippen molar-refractivity contribution in [2.24, 2.45) is 0 Å². The Hall–Kier alpha value is -1.84. The number of hydrogen-bond donors (Lipinski definition) is 1. The molecule has 1 heterocycles. The third-order valence-electron chi connectivity index (χ3n) is 3.97. The minimum absolute atomic E-state index is 0.641. The van der Waals surface area contributed by atoms with Crippen LogP contribution in [0.25, 0.3) is 11.0 Å². The minimum Gasteiger partial charge on any atom is -0.481 e. The van der Waals surface area contributed by atoms with E-state index in [1.54, 1.807) is 0 Å². The summed E-state index contributed by atoms with van der Waals surface area (Å²) in [5, 5.41) is 9.31. The molecule has 0 atom stereocenters. The third kappa shape index (κ3) is 1.38. The smallest absolute Gasteiger partial charge is 0.314 e. The second kappa shape index (κ2) is 3.57. The molecule has 94 valence electrons. The van der Waals surface area contributed by atoms with E-state index in [0.717, 1.165) is 41.8 Å². The summed E-state index contributed by atoms with van der Waals surface area (Å²) in [6, 6.07) is 5.88. The molecule has 18 heavy (non-hydrogen) atoms. The molecule has 1 aromatic carbocycles. The van der Waals surface area contributed by atoms with Crippen LogP contribution in [0.15, 0.2) is 18.2 Å². The van der Waals surface area contributed by atoms with E-state index >= 15 is 0 Å². The van der Waals surface area contributed by atoms with Gasteiger partial charge in [0.05, 0.1) is 16.4 Å². The number of nitrogens with zero attached hydrogens (tertiary/aromatic N) is 2. The monoisotopic (exact) mass is 244 g/mol. The summed E-state index contributed by atoms with van der Waals surface area (Å²) in [7, 11) is 0. The number of carboxylic acid groups (broad SMARTS) is 1. The van der Waals surface area contributed by atoms with Crippen LogP contribution < -0.4 is 0 Å². The Bertz CT molecular complexity index is 639. The number of aliphatic carboxylic acids is 1. The highest BCUT2D eigenvalue weighted by Gasteiger charge is 2.51. The van der Waals surface area contributed by atoms with Gasteiger partial charge in [-0.05, 0) is 44.4 Å². The van der Waals surface area contributed by atoms with Gasteiger partial charge in [-0.3, -0.25) is 4.79 Å². The van der Waals surface area contributed by atoms with Crippen molar-refractivity contribution in [3.05, 3.63) is 29.6 Å². The van der Waals surface area contributed by atoms with E-state index in [4.69, 9.17) is 0 Å². The van der Waals surface area contributed by atoms with Gasteiger partial charge in [0.1, 0.15) is 5.82 Å². The second-order valence-electron chi connectivity index (χ2n) is 4.99. The Kier molecular flexibility index (Phi) is 2.24. The molecule has 0 spiro atoms. The molecule has 0 unspecified atom stereocenters. The van der Waals surface area contributed by atoms with Crippen molar-refractivity contribution in [1.82, 2.24) is 9.55 Å². The highest BCUT2D eigenvalue weighted by molar-refractivity contribution is 5.87. The van der Waals surface area contributed by atoms with Crippen LogP contribution in [-0.4, -0.2) is 20.6 Å². The quantitative estimate of drug-likeness (QED) is 0.902. The highest BCUT2D eigenvalue weighted by atomic mass is 16.4. The molecule has 1 aliphatic carbocycles. The summed E-state index contributed by atoms with van der Waals surface area (Å²) in [6.45, 7) is 4.95. The Labute approximate surface area is 105 Å². The lowest BCUT2D eigenvalue weighted by molar-refractivity contribution is -0.140. The third-order valence-corrected chi connectivity index (χ3v) is 3.97. The molecule has 1 saturated carbocycles. The molecule has 2 aromatic rings. The molecular formula is C14H16N2O2. The highest BCUT2D eigenvalue weighted by Crippen LogP contribution is 2.48. The Balaban J connectivity index is 2.16. The summed E-state index contributed by atoms with van der Waals surface area (Å²) in [5.74, 6) is 0.262. The van der Waals surface area contributed by atoms with Crippen LogP contribution in [0.1, 0.15) is 31.2 Å². The Morgan fingerprint density at radius 3 is 2.78 bits per heavy atom. The van der Waals surface area contributed by atoms with E-state index in [1.165, 1.54) is 0 Å². The summed E-state index contributed by atoms with van der Waals surface area (Å²) < 4.78 is 2.14. The molecule has 1 fully saturated rings. The number of carboxylic acids is 1. The zero-order valence-electron chi connectivity index (χ0n) is 10.6. The SMILES string of the molecule is CCn1c(C)nc2cc(C3(C(=O)O)CC3)ccc21. The van der Waals surface area contributed by atoms with Gasteiger partial charge in [-0.15, -0.1) is 0 Å². The average Bonchev–Trinajstić information content (AvgIpc) is 3.07. The van der Waals surface area contributed by atoms with E-state index in [-0.39, 0.29) is 0 Å². The minimum atomic E-state index is -0.714. The first-order chi connectivity index (χ1) is 8.58. The maximum absolute atomic E-state index is 11.3.